The Morgan fingerprint density at radius 1 is 1.45 bits per heavy atom. The Kier molecular flexibility index (Phi) is 3.92. The van der Waals surface area contributed by atoms with Gasteiger partial charge in [-0.2, -0.15) is 0 Å². The van der Waals surface area contributed by atoms with Crippen molar-refractivity contribution in [2.24, 2.45) is 0 Å². The van der Waals surface area contributed by atoms with E-state index >= 15 is 0 Å². The zero-order valence-electron chi connectivity index (χ0n) is 11.4. The summed E-state index contributed by atoms with van der Waals surface area (Å²) < 4.78 is 3.28. The second kappa shape index (κ2) is 5.68. The average molecular weight is 350 g/mol. The van der Waals surface area contributed by atoms with Gasteiger partial charge in [0.05, 0.1) is 11.4 Å². The number of nitrogens with zero attached hydrogens (tertiary/aromatic N) is 2. The molecule has 2 heterocycles. The van der Waals surface area contributed by atoms with Crippen LogP contribution < -0.4 is 5.32 Å². The number of fused-ring (bicyclic) bond motifs is 1. The topological polar surface area (TPSA) is 29.3 Å². The highest BCUT2D eigenvalue weighted by atomic mass is 79.9. The molecule has 0 saturated heterocycles. The van der Waals surface area contributed by atoms with Gasteiger partial charge in [0.2, 0.25) is 0 Å². The number of hydrogen-bond acceptors (Lipinski definition) is 3. The van der Waals surface area contributed by atoms with Crippen LogP contribution >= 0.6 is 27.3 Å². The highest BCUT2D eigenvalue weighted by Crippen LogP contribution is 2.20. The van der Waals surface area contributed by atoms with Gasteiger partial charge in [-0.25, -0.2) is 4.98 Å². The predicted molar refractivity (Wildman–Crippen MR) is 87.2 cm³/mol. The van der Waals surface area contributed by atoms with Crippen LogP contribution in [0.25, 0.3) is 4.96 Å². The minimum atomic E-state index is 0.302. The third kappa shape index (κ3) is 2.66. The number of benzene rings is 1. The van der Waals surface area contributed by atoms with Crippen LogP contribution in [0.3, 0.4) is 0 Å². The Bertz CT molecular complexity index is 732. The van der Waals surface area contributed by atoms with Crippen molar-refractivity contribution in [3.05, 3.63) is 57.3 Å². The van der Waals surface area contributed by atoms with Crippen LogP contribution in [0.2, 0.25) is 0 Å². The number of aromatic nitrogens is 2. The van der Waals surface area contributed by atoms with Gasteiger partial charge in [-0.15, -0.1) is 11.3 Å². The van der Waals surface area contributed by atoms with E-state index in [0.717, 1.165) is 21.7 Å². The second-order valence-electron chi connectivity index (χ2n) is 4.86. The average Bonchev–Trinajstić information content (AvgIpc) is 2.97. The van der Waals surface area contributed by atoms with E-state index in [2.05, 4.69) is 74.3 Å². The van der Waals surface area contributed by atoms with E-state index in [-0.39, 0.29) is 0 Å². The van der Waals surface area contributed by atoms with Crippen molar-refractivity contribution >= 4 is 32.2 Å². The molecule has 1 aromatic carbocycles. The van der Waals surface area contributed by atoms with Crippen LogP contribution in [0.4, 0.5) is 0 Å². The molecule has 0 amide bonds. The Morgan fingerprint density at radius 3 is 3.10 bits per heavy atom. The Hall–Kier alpha value is -1.17. The zero-order valence-corrected chi connectivity index (χ0v) is 13.8. The van der Waals surface area contributed by atoms with Crippen LogP contribution in [-0.4, -0.2) is 9.38 Å². The molecule has 1 N–H and O–H groups in total. The fraction of sp³-hybridized carbons (Fsp3) is 0.267. The van der Waals surface area contributed by atoms with E-state index < -0.39 is 0 Å². The Morgan fingerprint density at radius 2 is 2.30 bits per heavy atom. The predicted octanol–water partition coefficient (Wildman–Crippen LogP) is 4.32. The third-order valence-corrected chi connectivity index (χ3v) is 4.74. The van der Waals surface area contributed by atoms with Gasteiger partial charge >= 0.3 is 0 Å². The van der Waals surface area contributed by atoms with E-state index in [9.17, 15) is 0 Å². The maximum absolute atomic E-state index is 4.57. The normalized spacial score (nSPS) is 12.9. The molecule has 1 atom stereocenters. The molecule has 3 rings (SSSR count). The lowest BCUT2D eigenvalue weighted by atomic mass is 10.1. The molecule has 0 aliphatic heterocycles. The number of imidazole rings is 1. The molecule has 0 aliphatic rings. The van der Waals surface area contributed by atoms with E-state index in [1.807, 2.05) is 6.07 Å². The number of thiazole rings is 1. The van der Waals surface area contributed by atoms with Gasteiger partial charge in [0.1, 0.15) is 0 Å². The molecule has 0 saturated carbocycles. The number of nitrogens with one attached hydrogen (secondary N) is 1. The lowest BCUT2D eigenvalue weighted by molar-refractivity contribution is 0.564. The largest absolute Gasteiger partial charge is 0.305 e. The monoisotopic (exact) mass is 349 g/mol. The van der Waals surface area contributed by atoms with Crippen LogP contribution in [0.5, 0.6) is 0 Å². The van der Waals surface area contributed by atoms with E-state index in [1.54, 1.807) is 11.3 Å². The first-order valence-corrected chi connectivity index (χ1v) is 8.22. The smallest absolute Gasteiger partial charge is 0.194 e. The van der Waals surface area contributed by atoms with Gasteiger partial charge in [0.15, 0.2) is 4.96 Å². The number of rotatable bonds is 4. The summed E-state index contributed by atoms with van der Waals surface area (Å²) in [7, 11) is 0. The summed E-state index contributed by atoms with van der Waals surface area (Å²) in [5, 5.41) is 5.65. The van der Waals surface area contributed by atoms with Gasteiger partial charge in [-0.3, -0.25) is 4.40 Å². The van der Waals surface area contributed by atoms with Gasteiger partial charge in [-0.05, 0) is 31.5 Å². The molecule has 0 spiro atoms. The van der Waals surface area contributed by atoms with Gasteiger partial charge < -0.3 is 5.32 Å². The summed E-state index contributed by atoms with van der Waals surface area (Å²) in [6.07, 6.45) is 2.08. The second-order valence-corrected chi connectivity index (χ2v) is 6.65. The molecule has 0 fully saturated rings. The van der Waals surface area contributed by atoms with Crippen LogP contribution in [0.1, 0.15) is 29.9 Å². The first-order chi connectivity index (χ1) is 9.65. The van der Waals surface area contributed by atoms with Crippen molar-refractivity contribution < 1.29 is 0 Å². The zero-order chi connectivity index (χ0) is 14.1. The first-order valence-electron chi connectivity index (χ1n) is 6.55. The minimum absolute atomic E-state index is 0.302. The molecule has 2 aromatic heterocycles. The molecule has 0 bridgehead atoms. The number of hydrogen-bond donors (Lipinski definition) is 1. The molecule has 20 heavy (non-hydrogen) atoms. The van der Waals surface area contributed by atoms with Crippen molar-refractivity contribution in [3.63, 3.8) is 0 Å². The van der Waals surface area contributed by atoms with Crippen molar-refractivity contribution in [2.75, 3.05) is 0 Å². The minimum Gasteiger partial charge on any atom is -0.305 e. The van der Waals surface area contributed by atoms with E-state index in [1.165, 1.54) is 11.3 Å². The Balaban J connectivity index is 1.76. The molecule has 5 heteroatoms. The van der Waals surface area contributed by atoms with Gasteiger partial charge in [0.25, 0.3) is 0 Å². The van der Waals surface area contributed by atoms with Gasteiger partial charge in [-0.1, -0.05) is 28.1 Å². The molecule has 3 nitrogen and oxygen atoms in total. The summed E-state index contributed by atoms with van der Waals surface area (Å²) in [5.41, 5.74) is 3.62. The quantitative estimate of drug-likeness (QED) is 0.759. The number of aryl methyl sites for hydroxylation is 1. The van der Waals surface area contributed by atoms with Crippen LogP contribution in [0.15, 0.2) is 40.3 Å². The maximum Gasteiger partial charge on any atom is 0.194 e. The van der Waals surface area contributed by atoms with Gasteiger partial charge in [0, 0.05) is 28.6 Å². The summed E-state index contributed by atoms with van der Waals surface area (Å²) in [6.45, 7) is 5.07. The van der Waals surface area contributed by atoms with Crippen molar-refractivity contribution in [3.8, 4) is 0 Å². The summed E-state index contributed by atoms with van der Waals surface area (Å²) in [6, 6.07) is 8.72. The fourth-order valence-corrected chi connectivity index (χ4v) is 3.49. The molecule has 1 unspecified atom stereocenters. The lowest BCUT2D eigenvalue weighted by Crippen LogP contribution is -2.19. The standard InChI is InChI=1S/C15H16BrN3S/c1-10(12-4-3-5-13(16)8-12)17-9-14-11(2)18-15-19(14)6-7-20-15/h3-8,10,17H,9H2,1-2H3. The van der Waals surface area contributed by atoms with E-state index in [4.69, 9.17) is 0 Å². The Labute approximate surface area is 130 Å². The van der Waals surface area contributed by atoms with Crippen LogP contribution in [-0.2, 0) is 6.54 Å². The molecule has 3 aromatic rings. The summed E-state index contributed by atoms with van der Waals surface area (Å²) in [5.74, 6) is 0. The molecule has 0 aliphatic carbocycles. The van der Waals surface area contributed by atoms with Crippen LogP contribution in [0, 0.1) is 6.92 Å². The van der Waals surface area contributed by atoms with Crippen molar-refractivity contribution in [1.82, 2.24) is 14.7 Å². The lowest BCUT2D eigenvalue weighted by Gasteiger charge is -2.14. The van der Waals surface area contributed by atoms with Crippen molar-refractivity contribution in [2.45, 2.75) is 26.4 Å². The first kappa shape index (κ1) is 13.8. The highest BCUT2D eigenvalue weighted by Gasteiger charge is 2.11. The highest BCUT2D eigenvalue weighted by molar-refractivity contribution is 9.10. The SMILES string of the molecule is Cc1nc2sccn2c1CNC(C)c1cccc(Br)c1. The summed E-state index contributed by atoms with van der Waals surface area (Å²) in [4.78, 5) is 5.64. The maximum atomic E-state index is 4.57. The molecule has 0 radical (unpaired) electrons. The molecule has 104 valence electrons. The molecular weight excluding hydrogens is 334 g/mol. The number of halogens is 1. The van der Waals surface area contributed by atoms with E-state index in [0.29, 0.717) is 6.04 Å². The molecular formula is C15H16BrN3S. The third-order valence-electron chi connectivity index (χ3n) is 3.49. The summed E-state index contributed by atoms with van der Waals surface area (Å²) >= 11 is 5.19. The van der Waals surface area contributed by atoms with Crippen molar-refractivity contribution in [1.29, 1.82) is 0 Å². The fourth-order valence-electron chi connectivity index (χ4n) is 2.30.